The Kier molecular flexibility index (Phi) is 19.3. The van der Waals surface area contributed by atoms with Crippen molar-refractivity contribution < 1.29 is 36.2 Å². The van der Waals surface area contributed by atoms with Crippen molar-refractivity contribution >= 4 is 16.1 Å². The predicted octanol–water partition coefficient (Wildman–Crippen LogP) is 9.83. The molecular weight excluding hydrogens is 502 g/mol. The lowest BCUT2D eigenvalue weighted by Crippen LogP contribution is -2.27. The first kappa shape index (κ1) is 37.1. The molecule has 0 atom stereocenters. The molecule has 0 saturated heterocycles. The minimum Gasteiger partial charge on any atom is -0.396 e. The lowest BCUT2D eigenvalue weighted by atomic mass is 9.98. The Morgan fingerprint density at radius 1 is 0.686 bits per heavy atom. The van der Waals surface area contributed by atoms with Gasteiger partial charge in [-0.1, -0.05) is 77.8 Å². The Hall–Kier alpha value is -0.0662. The highest BCUT2D eigenvalue weighted by Crippen LogP contribution is 2.30. The fourth-order valence-corrected chi connectivity index (χ4v) is 8.95. The van der Waals surface area contributed by atoms with Crippen molar-refractivity contribution in [3.8, 4) is 0 Å². The van der Waals surface area contributed by atoms with Crippen LogP contribution in [0.1, 0.15) is 78.1 Å². The zero-order chi connectivity index (χ0) is 26.3. The van der Waals surface area contributed by atoms with Crippen LogP contribution in [0.5, 0.6) is 0 Å². The second kappa shape index (κ2) is 18.2. The average molecular weight is 555 g/mol. The summed E-state index contributed by atoms with van der Waals surface area (Å²) in [6.07, 6.45) is 1.03. The molecule has 1 saturated carbocycles. The first-order valence-corrected chi connectivity index (χ1v) is 19.7. The SMILES string of the molecule is C.C[Si](C)(CCCCO)CCC(F)(F)F.C[Si](C)(CCCCOC1CCCCC1)CCC(F)(F)F. The first-order chi connectivity index (χ1) is 15.6. The number of unbranched alkanes of at least 4 members (excludes halogenated alkanes) is 2. The lowest BCUT2D eigenvalue weighted by molar-refractivity contribution is -0.131. The minimum atomic E-state index is -4.01. The van der Waals surface area contributed by atoms with E-state index in [1.165, 1.54) is 32.1 Å². The van der Waals surface area contributed by atoms with E-state index in [9.17, 15) is 26.3 Å². The van der Waals surface area contributed by atoms with Gasteiger partial charge in [0.15, 0.2) is 0 Å². The standard InChI is InChI=1S/C15H29F3OSi.C9H19F3OSi.CH4/c1-20(2,13-10-15(16,17)18)12-7-6-11-19-14-8-4-3-5-9-14;1-14(2,7-4-3-6-13)8-5-9(10,11)12;/h14H,3-13H2,1-2H3;13H,3-8H2,1-2H3;1H4. The van der Waals surface area contributed by atoms with Gasteiger partial charge in [-0.3, -0.25) is 0 Å². The second-order valence-corrected chi connectivity index (χ2v) is 22.0. The molecule has 0 heterocycles. The van der Waals surface area contributed by atoms with Crippen LogP contribution in [0.25, 0.3) is 0 Å². The van der Waals surface area contributed by atoms with Crippen molar-refractivity contribution in [3.63, 3.8) is 0 Å². The van der Waals surface area contributed by atoms with Gasteiger partial charge < -0.3 is 9.84 Å². The summed E-state index contributed by atoms with van der Waals surface area (Å²) >= 11 is 0. The van der Waals surface area contributed by atoms with Crippen LogP contribution in [0, 0.1) is 0 Å². The van der Waals surface area contributed by atoms with E-state index < -0.39 is 41.3 Å². The molecular formula is C25H52F6O2Si2. The summed E-state index contributed by atoms with van der Waals surface area (Å²) in [7, 11) is -3.36. The zero-order valence-electron chi connectivity index (χ0n) is 21.7. The van der Waals surface area contributed by atoms with Crippen LogP contribution in [0.4, 0.5) is 26.3 Å². The van der Waals surface area contributed by atoms with E-state index in [0.29, 0.717) is 24.6 Å². The highest BCUT2D eigenvalue weighted by Gasteiger charge is 2.32. The van der Waals surface area contributed by atoms with Crippen molar-refractivity contribution in [1.82, 2.24) is 0 Å². The summed E-state index contributed by atoms with van der Waals surface area (Å²) in [6.45, 7) is 9.03. The van der Waals surface area contributed by atoms with Crippen LogP contribution >= 0.6 is 0 Å². The van der Waals surface area contributed by atoms with Gasteiger partial charge in [0.05, 0.1) is 6.10 Å². The van der Waals surface area contributed by atoms with Gasteiger partial charge in [0, 0.05) is 42.2 Å². The maximum Gasteiger partial charge on any atom is 0.388 e. The van der Waals surface area contributed by atoms with E-state index in [-0.39, 0.29) is 14.0 Å². The Morgan fingerprint density at radius 2 is 1.11 bits per heavy atom. The Bertz CT molecular complexity index is 505. The van der Waals surface area contributed by atoms with Crippen LogP contribution in [-0.2, 0) is 4.74 Å². The molecule has 0 aliphatic heterocycles. The third-order valence-corrected chi connectivity index (χ3v) is 13.2. The van der Waals surface area contributed by atoms with Crippen molar-refractivity contribution in [2.24, 2.45) is 0 Å². The molecule has 0 aromatic rings. The van der Waals surface area contributed by atoms with Crippen molar-refractivity contribution in [2.75, 3.05) is 13.2 Å². The maximum absolute atomic E-state index is 12.2. The molecule has 1 N–H and O–H groups in total. The van der Waals surface area contributed by atoms with Crippen LogP contribution in [0.2, 0.25) is 50.4 Å². The fraction of sp³-hybridized carbons (Fsp3) is 1.00. The number of halogens is 6. The Morgan fingerprint density at radius 3 is 1.51 bits per heavy atom. The van der Waals surface area contributed by atoms with Gasteiger partial charge >= 0.3 is 12.4 Å². The number of aliphatic hydroxyl groups is 1. The van der Waals surface area contributed by atoms with Crippen LogP contribution in [0.15, 0.2) is 0 Å². The van der Waals surface area contributed by atoms with Gasteiger partial charge in [-0.05, 0) is 37.8 Å². The largest absolute Gasteiger partial charge is 0.396 e. The molecule has 1 aliphatic carbocycles. The molecule has 0 radical (unpaired) electrons. The second-order valence-electron chi connectivity index (χ2n) is 11.3. The Balaban J connectivity index is 0. The van der Waals surface area contributed by atoms with E-state index in [4.69, 9.17) is 9.84 Å². The molecule has 2 nitrogen and oxygen atoms in total. The smallest absolute Gasteiger partial charge is 0.388 e. The molecule has 0 aromatic carbocycles. The zero-order valence-corrected chi connectivity index (χ0v) is 23.7. The van der Waals surface area contributed by atoms with Crippen molar-refractivity contribution in [3.05, 3.63) is 0 Å². The molecule has 214 valence electrons. The number of rotatable bonds is 14. The molecule has 1 aliphatic rings. The first-order valence-electron chi connectivity index (χ1n) is 12.9. The topological polar surface area (TPSA) is 29.5 Å². The summed E-state index contributed by atoms with van der Waals surface area (Å²) < 4.78 is 78.4. The van der Waals surface area contributed by atoms with Gasteiger partial charge in [-0.25, -0.2) is 0 Å². The molecule has 1 rings (SSSR count). The van der Waals surface area contributed by atoms with Crippen LogP contribution in [0.3, 0.4) is 0 Å². The van der Waals surface area contributed by atoms with E-state index in [2.05, 4.69) is 13.1 Å². The molecule has 0 bridgehead atoms. The number of hydrogen-bond donors (Lipinski definition) is 1. The van der Waals surface area contributed by atoms with Gasteiger partial charge in [0.2, 0.25) is 0 Å². The van der Waals surface area contributed by atoms with Gasteiger partial charge in [0.1, 0.15) is 0 Å². The van der Waals surface area contributed by atoms with Gasteiger partial charge in [-0.2, -0.15) is 26.3 Å². The third-order valence-electron chi connectivity index (χ3n) is 6.59. The predicted molar refractivity (Wildman–Crippen MR) is 141 cm³/mol. The van der Waals surface area contributed by atoms with Crippen LogP contribution < -0.4 is 0 Å². The van der Waals surface area contributed by atoms with E-state index in [1.807, 2.05) is 13.1 Å². The average Bonchev–Trinajstić information content (AvgIpc) is 2.71. The molecule has 35 heavy (non-hydrogen) atoms. The van der Waals surface area contributed by atoms with Gasteiger partial charge in [0.25, 0.3) is 0 Å². The van der Waals surface area contributed by atoms with Crippen molar-refractivity contribution in [1.29, 1.82) is 0 Å². The molecule has 1 fully saturated rings. The molecule has 0 aromatic heterocycles. The maximum atomic E-state index is 12.2. The minimum absolute atomic E-state index is 0. The monoisotopic (exact) mass is 554 g/mol. The number of aliphatic hydroxyl groups excluding tert-OH is 1. The molecule has 0 unspecified atom stereocenters. The summed E-state index contributed by atoms with van der Waals surface area (Å²) in [5, 5.41) is 8.56. The van der Waals surface area contributed by atoms with E-state index >= 15 is 0 Å². The van der Waals surface area contributed by atoms with E-state index in [0.717, 1.165) is 38.0 Å². The molecule has 0 spiro atoms. The normalized spacial score (nSPS) is 15.9. The van der Waals surface area contributed by atoms with E-state index in [1.54, 1.807) is 0 Å². The lowest BCUT2D eigenvalue weighted by Gasteiger charge is -2.24. The fourth-order valence-electron chi connectivity index (χ4n) is 4.11. The number of alkyl halides is 6. The quantitative estimate of drug-likeness (QED) is 0.132. The summed E-state index contributed by atoms with van der Waals surface area (Å²) in [4.78, 5) is 0. The highest BCUT2D eigenvalue weighted by atomic mass is 28.3. The summed E-state index contributed by atoms with van der Waals surface area (Å²) in [6, 6.07) is 2.53. The third kappa shape index (κ3) is 25.4. The number of hydrogen-bond acceptors (Lipinski definition) is 2. The van der Waals surface area contributed by atoms with Crippen molar-refractivity contribution in [2.45, 2.75) is 147 Å². The van der Waals surface area contributed by atoms with Gasteiger partial charge in [-0.15, -0.1) is 0 Å². The molecule has 0 amide bonds. The summed E-state index contributed by atoms with van der Waals surface area (Å²) in [5.74, 6) is 0. The number of ether oxygens (including phenoxy) is 1. The summed E-state index contributed by atoms with van der Waals surface area (Å²) in [5.41, 5.74) is 0. The van der Waals surface area contributed by atoms with Crippen LogP contribution in [-0.4, -0.2) is 52.9 Å². The Labute approximate surface area is 212 Å². The molecule has 10 heteroatoms. The highest BCUT2D eigenvalue weighted by molar-refractivity contribution is 6.77.